The number of aliphatic hydroxyl groups is 1. The Balaban J connectivity index is 1.25. The Kier molecular flexibility index (Phi) is 5.80. The SMILES string of the molecule is O=C(NCC(O)CN1CCc2ccccc2C1)c1cncc(NC2COC2)n1. The number of hydrogen-bond donors (Lipinski definition) is 3. The molecular formula is C20H25N5O3. The molecule has 0 radical (unpaired) electrons. The number of aromatic nitrogens is 2. The minimum absolute atomic E-state index is 0.173. The van der Waals surface area contributed by atoms with E-state index in [1.54, 1.807) is 6.20 Å². The van der Waals surface area contributed by atoms with Gasteiger partial charge < -0.3 is 20.5 Å². The molecule has 2 aromatic rings. The summed E-state index contributed by atoms with van der Waals surface area (Å²) in [5.74, 6) is 0.206. The van der Waals surface area contributed by atoms with Gasteiger partial charge in [-0.25, -0.2) is 4.98 Å². The van der Waals surface area contributed by atoms with Gasteiger partial charge in [-0.15, -0.1) is 0 Å². The number of carbonyl (C=O) groups is 1. The Morgan fingerprint density at radius 2 is 2.11 bits per heavy atom. The first kappa shape index (κ1) is 18.8. The number of fused-ring (bicyclic) bond motifs is 1. The van der Waals surface area contributed by atoms with E-state index >= 15 is 0 Å². The van der Waals surface area contributed by atoms with Crippen LogP contribution < -0.4 is 10.6 Å². The van der Waals surface area contributed by atoms with Crippen LogP contribution >= 0.6 is 0 Å². The van der Waals surface area contributed by atoms with Crippen molar-refractivity contribution >= 4 is 11.7 Å². The summed E-state index contributed by atoms with van der Waals surface area (Å²) < 4.78 is 5.11. The number of nitrogens with one attached hydrogen (secondary N) is 2. The van der Waals surface area contributed by atoms with Crippen molar-refractivity contribution in [2.24, 2.45) is 0 Å². The molecule has 0 spiro atoms. The number of nitrogens with zero attached hydrogens (tertiary/aromatic N) is 3. The van der Waals surface area contributed by atoms with Gasteiger partial charge in [0.2, 0.25) is 0 Å². The summed E-state index contributed by atoms with van der Waals surface area (Å²) >= 11 is 0. The molecule has 1 fully saturated rings. The quantitative estimate of drug-likeness (QED) is 0.638. The molecule has 3 N–H and O–H groups in total. The Hall–Kier alpha value is -2.55. The fourth-order valence-electron chi connectivity index (χ4n) is 3.45. The number of amides is 1. The maximum atomic E-state index is 12.3. The lowest BCUT2D eigenvalue weighted by molar-refractivity contribution is 0.0209. The third-order valence-electron chi connectivity index (χ3n) is 5.03. The second-order valence-electron chi connectivity index (χ2n) is 7.29. The average Bonchev–Trinajstić information content (AvgIpc) is 2.69. The molecular weight excluding hydrogens is 358 g/mol. The lowest BCUT2D eigenvalue weighted by Gasteiger charge is -2.30. The first-order valence-corrected chi connectivity index (χ1v) is 9.59. The fraction of sp³-hybridized carbons (Fsp3) is 0.450. The summed E-state index contributed by atoms with van der Waals surface area (Å²) in [6.45, 7) is 3.68. The molecule has 1 aromatic carbocycles. The highest BCUT2D eigenvalue weighted by Gasteiger charge is 2.20. The molecule has 28 heavy (non-hydrogen) atoms. The van der Waals surface area contributed by atoms with Crippen molar-refractivity contribution in [1.82, 2.24) is 20.2 Å². The highest BCUT2D eigenvalue weighted by atomic mass is 16.5. The van der Waals surface area contributed by atoms with Gasteiger partial charge in [0.15, 0.2) is 0 Å². The van der Waals surface area contributed by atoms with Crippen LogP contribution in [0.4, 0.5) is 5.82 Å². The molecule has 2 aliphatic heterocycles. The second-order valence-corrected chi connectivity index (χ2v) is 7.29. The van der Waals surface area contributed by atoms with Gasteiger partial charge in [0, 0.05) is 26.2 Å². The predicted octanol–water partition coefficient (Wildman–Crippen LogP) is 0.436. The lowest BCUT2D eigenvalue weighted by Crippen LogP contribution is -2.42. The van der Waals surface area contributed by atoms with Gasteiger partial charge in [-0.2, -0.15) is 0 Å². The van der Waals surface area contributed by atoms with Crippen LogP contribution in [0, 0.1) is 0 Å². The molecule has 2 aliphatic rings. The molecule has 4 rings (SSSR count). The van der Waals surface area contributed by atoms with Crippen molar-refractivity contribution < 1.29 is 14.6 Å². The molecule has 1 atom stereocenters. The number of rotatable bonds is 7. The van der Waals surface area contributed by atoms with Crippen LogP contribution in [-0.2, 0) is 17.7 Å². The van der Waals surface area contributed by atoms with Crippen molar-refractivity contribution in [3.05, 3.63) is 53.5 Å². The number of aliphatic hydroxyl groups excluding tert-OH is 1. The summed E-state index contributed by atoms with van der Waals surface area (Å²) in [5.41, 5.74) is 2.91. The van der Waals surface area contributed by atoms with E-state index in [0.717, 1.165) is 19.5 Å². The van der Waals surface area contributed by atoms with Crippen LogP contribution in [0.2, 0.25) is 0 Å². The molecule has 0 bridgehead atoms. The second kappa shape index (κ2) is 8.64. The van der Waals surface area contributed by atoms with Gasteiger partial charge in [-0.1, -0.05) is 24.3 Å². The third-order valence-corrected chi connectivity index (χ3v) is 5.03. The zero-order valence-electron chi connectivity index (χ0n) is 15.7. The van der Waals surface area contributed by atoms with Crippen molar-refractivity contribution in [2.45, 2.75) is 25.1 Å². The summed E-state index contributed by atoms with van der Waals surface area (Å²) in [5, 5.41) is 16.3. The molecule has 0 saturated carbocycles. The molecule has 1 aromatic heterocycles. The molecule has 1 amide bonds. The minimum atomic E-state index is -0.643. The van der Waals surface area contributed by atoms with E-state index < -0.39 is 6.10 Å². The van der Waals surface area contributed by atoms with Crippen LogP contribution in [0.3, 0.4) is 0 Å². The van der Waals surface area contributed by atoms with Crippen molar-refractivity contribution in [3.63, 3.8) is 0 Å². The molecule has 8 heteroatoms. The van der Waals surface area contributed by atoms with Crippen LogP contribution in [-0.4, -0.2) is 70.9 Å². The molecule has 3 heterocycles. The smallest absolute Gasteiger partial charge is 0.271 e. The van der Waals surface area contributed by atoms with Crippen LogP contribution in [0.1, 0.15) is 21.6 Å². The number of carbonyl (C=O) groups excluding carboxylic acids is 1. The molecule has 8 nitrogen and oxygen atoms in total. The molecule has 0 aliphatic carbocycles. The zero-order valence-corrected chi connectivity index (χ0v) is 15.7. The highest BCUT2D eigenvalue weighted by molar-refractivity contribution is 5.92. The Labute approximate surface area is 163 Å². The minimum Gasteiger partial charge on any atom is -0.390 e. The highest BCUT2D eigenvalue weighted by Crippen LogP contribution is 2.18. The normalized spacial score (nSPS) is 18.0. The van der Waals surface area contributed by atoms with E-state index in [1.165, 1.54) is 17.3 Å². The Morgan fingerprint density at radius 1 is 1.29 bits per heavy atom. The maximum absolute atomic E-state index is 12.3. The monoisotopic (exact) mass is 383 g/mol. The fourth-order valence-corrected chi connectivity index (χ4v) is 3.45. The summed E-state index contributed by atoms with van der Waals surface area (Å²) in [7, 11) is 0. The van der Waals surface area contributed by atoms with Gasteiger partial charge in [0.25, 0.3) is 5.91 Å². The average molecular weight is 383 g/mol. The number of benzene rings is 1. The van der Waals surface area contributed by atoms with E-state index in [4.69, 9.17) is 4.74 Å². The van der Waals surface area contributed by atoms with Crippen molar-refractivity contribution in [2.75, 3.05) is 38.2 Å². The van der Waals surface area contributed by atoms with E-state index in [1.807, 2.05) is 6.07 Å². The molecule has 1 saturated heterocycles. The van der Waals surface area contributed by atoms with E-state index in [-0.39, 0.29) is 24.2 Å². The largest absolute Gasteiger partial charge is 0.390 e. The van der Waals surface area contributed by atoms with E-state index in [9.17, 15) is 9.90 Å². The number of hydrogen-bond acceptors (Lipinski definition) is 7. The molecule has 1 unspecified atom stereocenters. The topological polar surface area (TPSA) is 99.6 Å². The first-order chi connectivity index (χ1) is 13.7. The summed E-state index contributed by atoms with van der Waals surface area (Å²) in [6.07, 6.45) is 3.34. The van der Waals surface area contributed by atoms with Gasteiger partial charge in [0.05, 0.1) is 37.8 Å². The van der Waals surface area contributed by atoms with Gasteiger partial charge in [-0.05, 0) is 17.5 Å². The molecule has 148 valence electrons. The van der Waals surface area contributed by atoms with Crippen molar-refractivity contribution in [3.8, 4) is 0 Å². The van der Waals surface area contributed by atoms with Crippen LogP contribution in [0.15, 0.2) is 36.7 Å². The van der Waals surface area contributed by atoms with Crippen LogP contribution in [0.25, 0.3) is 0 Å². The summed E-state index contributed by atoms with van der Waals surface area (Å²) in [4.78, 5) is 22.9. The standard InChI is InChI=1S/C20H25N5O3/c26-17(11-25-6-5-14-3-1-2-4-15(14)10-25)7-22-20(27)18-8-21-9-19(24-18)23-16-12-28-13-16/h1-4,8-9,16-17,26H,5-7,10-13H2,(H,22,27)(H,23,24). The number of anilines is 1. The first-order valence-electron chi connectivity index (χ1n) is 9.59. The number of β-amino-alcohol motifs (C(OH)–C–C–N with tert-alkyl or cyclic N) is 1. The zero-order chi connectivity index (χ0) is 19.3. The van der Waals surface area contributed by atoms with E-state index in [2.05, 4.69) is 43.7 Å². The van der Waals surface area contributed by atoms with E-state index in [0.29, 0.717) is 25.6 Å². The van der Waals surface area contributed by atoms with Gasteiger partial charge in [-0.3, -0.25) is 14.7 Å². The van der Waals surface area contributed by atoms with Crippen molar-refractivity contribution in [1.29, 1.82) is 0 Å². The Bertz CT molecular complexity index is 827. The Morgan fingerprint density at radius 3 is 2.89 bits per heavy atom. The predicted molar refractivity (Wildman–Crippen MR) is 104 cm³/mol. The van der Waals surface area contributed by atoms with Crippen LogP contribution in [0.5, 0.6) is 0 Å². The summed E-state index contributed by atoms with van der Waals surface area (Å²) in [6, 6.07) is 8.60. The lowest BCUT2D eigenvalue weighted by atomic mass is 10.00. The van der Waals surface area contributed by atoms with Gasteiger partial charge in [0.1, 0.15) is 11.5 Å². The third kappa shape index (κ3) is 4.64. The maximum Gasteiger partial charge on any atom is 0.271 e. The van der Waals surface area contributed by atoms with Gasteiger partial charge >= 0.3 is 0 Å². The number of ether oxygens (including phenoxy) is 1.